The molecular formula is C51H83NO13Si2. The van der Waals surface area contributed by atoms with Crippen molar-refractivity contribution in [3.63, 3.8) is 0 Å². The summed E-state index contributed by atoms with van der Waals surface area (Å²) in [4.78, 5) is 58.9. The van der Waals surface area contributed by atoms with Crippen LogP contribution in [0.15, 0.2) is 41.5 Å². The minimum absolute atomic E-state index is 0.00445. The summed E-state index contributed by atoms with van der Waals surface area (Å²) in [5.41, 5.74) is -7.45. The van der Waals surface area contributed by atoms with Crippen molar-refractivity contribution in [2.45, 2.75) is 219 Å². The molecule has 0 radical (unpaired) electrons. The van der Waals surface area contributed by atoms with Crippen molar-refractivity contribution in [1.29, 1.82) is 0 Å². The van der Waals surface area contributed by atoms with Gasteiger partial charge in [0, 0.05) is 24.2 Å². The summed E-state index contributed by atoms with van der Waals surface area (Å²) in [6.45, 7) is 28.0. The first kappa shape index (κ1) is 55.0. The lowest BCUT2D eigenvalue weighted by molar-refractivity contribution is -0.342. The Labute approximate surface area is 401 Å². The number of alkyl carbamates (subject to hydrolysis) is 1. The molecule has 1 heterocycles. The maximum absolute atomic E-state index is 15.8. The summed E-state index contributed by atoms with van der Waals surface area (Å²) in [7, 11) is -5.13. The molecule has 3 aliphatic carbocycles. The molecule has 0 aromatic heterocycles. The molecule has 14 nitrogen and oxygen atoms in total. The number of Topliss-reactive ketones (excluding diaryl/α,β-unsaturated/α-hetero) is 1. The lowest BCUT2D eigenvalue weighted by atomic mass is 9.44. The Morgan fingerprint density at radius 2 is 1.46 bits per heavy atom. The van der Waals surface area contributed by atoms with Crippen LogP contribution in [0.25, 0.3) is 0 Å². The fourth-order valence-corrected chi connectivity index (χ4v) is 17.6. The molecule has 0 unspecified atom stereocenters. The van der Waals surface area contributed by atoms with Crippen molar-refractivity contribution in [2.24, 2.45) is 22.7 Å². The Kier molecular flexibility index (Phi) is 16.7. The van der Waals surface area contributed by atoms with Crippen molar-refractivity contribution < 1.29 is 62.3 Å². The van der Waals surface area contributed by atoms with Crippen LogP contribution in [0, 0.1) is 22.7 Å². The van der Waals surface area contributed by atoms with Gasteiger partial charge in [0.15, 0.2) is 28.5 Å². The number of benzene rings is 1. The van der Waals surface area contributed by atoms with Gasteiger partial charge < -0.3 is 48.4 Å². The Balaban J connectivity index is 1.74. The molecule has 1 amide bonds. The van der Waals surface area contributed by atoms with E-state index in [0.29, 0.717) is 30.1 Å². The van der Waals surface area contributed by atoms with E-state index in [4.69, 9.17) is 27.8 Å². The van der Waals surface area contributed by atoms with Crippen molar-refractivity contribution >= 4 is 40.4 Å². The van der Waals surface area contributed by atoms with Gasteiger partial charge in [-0.05, 0) is 107 Å². The average molecular weight is 974 g/mol. The molecular weight excluding hydrogens is 891 g/mol. The smallest absolute Gasteiger partial charge is 0.407 e. The third kappa shape index (κ3) is 10.2. The molecule has 1 aromatic rings. The predicted octanol–water partition coefficient (Wildman–Crippen LogP) is 8.42. The monoisotopic (exact) mass is 974 g/mol. The zero-order valence-corrected chi connectivity index (χ0v) is 45.1. The van der Waals surface area contributed by atoms with Crippen LogP contribution in [-0.2, 0) is 37.4 Å². The average Bonchev–Trinajstić information content (AvgIpc) is 3.26. The topological polar surface area (TPSA) is 196 Å². The number of esters is 2. The molecule has 2 saturated carbocycles. The van der Waals surface area contributed by atoms with Gasteiger partial charge in [-0.3, -0.25) is 4.79 Å². The molecule has 16 heteroatoms. The van der Waals surface area contributed by atoms with Crippen LogP contribution in [0.4, 0.5) is 4.79 Å². The van der Waals surface area contributed by atoms with E-state index in [9.17, 15) is 24.9 Å². The van der Waals surface area contributed by atoms with E-state index in [0.717, 1.165) is 18.1 Å². The molecule has 5 rings (SSSR count). The Morgan fingerprint density at radius 3 is 1.96 bits per heavy atom. The standard InChI is InChI=1S/C51H83NO13Si2/c1-16-66(17-2,18-3)64-36-28-37-50(58,30-60-37)41-43(62-44(55)33-25-23-22-24-26-33)51(59)29-35(32(9)38(48(51,13)14)39(53)42(54)49(36,41)15)61-45(56)40(65-67(19-4,20-5)21-6)34(27-31(7)8)52-46(57)63-47(10,11)12/h22-26,31,34-37,39-41,43,53,58-59H,16-21,27-30H2,1-15H3,(H,52,57)/t34-,35-,36-,37+,39+,40+,41-,43-,49+,50-,51+/m0/s1. The molecule has 1 aliphatic heterocycles. The summed E-state index contributed by atoms with van der Waals surface area (Å²) in [6, 6.07) is 11.7. The minimum atomic E-state index is -2.62. The van der Waals surface area contributed by atoms with Gasteiger partial charge in [0.05, 0.1) is 35.8 Å². The second-order valence-corrected chi connectivity index (χ2v) is 31.5. The van der Waals surface area contributed by atoms with E-state index >= 15 is 9.59 Å². The van der Waals surface area contributed by atoms with Crippen molar-refractivity contribution in [1.82, 2.24) is 5.32 Å². The summed E-state index contributed by atoms with van der Waals surface area (Å²) in [5, 5.41) is 42.6. The summed E-state index contributed by atoms with van der Waals surface area (Å²) < 4.78 is 39.1. The lowest BCUT2D eigenvalue weighted by Gasteiger charge is -2.67. The number of aliphatic hydroxyl groups excluding tert-OH is 1. The molecule has 378 valence electrons. The molecule has 3 fully saturated rings. The van der Waals surface area contributed by atoms with Crippen LogP contribution in [0.3, 0.4) is 0 Å². The number of amides is 1. The van der Waals surface area contributed by atoms with E-state index < -0.39 is 117 Å². The molecule has 4 N–H and O–H groups in total. The first-order valence-electron chi connectivity index (χ1n) is 24.9. The van der Waals surface area contributed by atoms with Crippen LogP contribution in [0.2, 0.25) is 36.3 Å². The fraction of sp³-hybridized carbons (Fsp3) is 0.765. The number of hydrogen-bond donors (Lipinski definition) is 4. The molecule has 0 spiro atoms. The molecule has 1 aromatic carbocycles. The van der Waals surface area contributed by atoms with Gasteiger partial charge >= 0.3 is 18.0 Å². The number of fused-ring (bicyclic) bond motifs is 5. The quantitative estimate of drug-likeness (QED) is 0.0474. The van der Waals surface area contributed by atoms with Crippen LogP contribution >= 0.6 is 0 Å². The van der Waals surface area contributed by atoms with Gasteiger partial charge in [0.25, 0.3) is 0 Å². The van der Waals surface area contributed by atoms with Gasteiger partial charge in [0.2, 0.25) is 0 Å². The predicted molar refractivity (Wildman–Crippen MR) is 260 cm³/mol. The fourth-order valence-electron chi connectivity index (χ4n) is 11.8. The van der Waals surface area contributed by atoms with Crippen molar-refractivity contribution in [3.8, 4) is 0 Å². The van der Waals surface area contributed by atoms with Crippen molar-refractivity contribution in [2.75, 3.05) is 6.61 Å². The molecule has 1 saturated heterocycles. The van der Waals surface area contributed by atoms with E-state index in [-0.39, 0.29) is 36.5 Å². The van der Waals surface area contributed by atoms with Crippen LogP contribution in [0.5, 0.6) is 0 Å². The van der Waals surface area contributed by atoms with Gasteiger partial charge in [0.1, 0.15) is 35.1 Å². The maximum Gasteiger partial charge on any atom is 0.407 e. The van der Waals surface area contributed by atoms with Gasteiger partial charge in [-0.15, -0.1) is 0 Å². The molecule has 4 aliphatic rings. The highest BCUT2D eigenvalue weighted by atomic mass is 28.4. The first-order chi connectivity index (χ1) is 31.1. The molecule has 11 atom stereocenters. The Morgan fingerprint density at radius 1 is 0.896 bits per heavy atom. The maximum atomic E-state index is 15.8. The summed E-state index contributed by atoms with van der Waals surface area (Å²) >= 11 is 0. The SMILES string of the molecule is CC[Si](CC)(CC)O[C@H]1C[C@H]2OC[C@@]2(O)[C@H]2[C@H](OC(=O)c3ccccc3)[C@]3(O)C[C@H](OC(=O)[C@H](O[Si](CC)(CC)CC)[C@H](CC(C)C)NC(=O)OC(C)(C)C)C(C)=C([C@@H](O)C(=O)[C@]12C)C3(C)C. The number of nitrogens with one attached hydrogen (secondary N) is 1. The zero-order valence-electron chi connectivity index (χ0n) is 43.1. The van der Waals surface area contributed by atoms with E-state index in [1.165, 1.54) is 0 Å². The number of ether oxygens (including phenoxy) is 4. The second kappa shape index (κ2) is 20.4. The number of rotatable bonds is 18. The Bertz CT molecular complexity index is 1960. The van der Waals surface area contributed by atoms with Gasteiger partial charge in [-0.25, -0.2) is 14.4 Å². The number of carbonyl (C=O) groups is 4. The molecule has 2 bridgehead atoms. The largest absolute Gasteiger partial charge is 0.456 e. The number of hydrogen-bond acceptors (Lipinski definition) is 13. The minimum Gasteiger partial charge on any atom is -0.456 e. The van der Waals surface area contributed by atoms with Crippen LogP contribution < -0.4 is 5.32 Å². The molecule has 67 heavy (non-hydrogen) atoms. The van der Waals surface area contributed by atoms with Gasteiger partial charge in [-0.2, -0.15) is 0 Å². The normalized spacial score (nSPS) is 31.6. The third-order valence-corrected chi connectivity index (χ3v) is 25.8. The van der Waals surface area contributed by atoms with Crippen LogP contribution in [-0.4, -0.2) is 122 Å². The summed E-state index contributed by atoms with van der Waals surface area (Å²) in [6.07, 6.45) is -8.43. The highest BCUT2D eigenvalue weighted by molar-refractivity contribution is 6.74. The third-order valence-electron chi connectivity index (χ3n) is 16.5. The lowest BCUT2D eigenvalue weighted by Crippen LogP contribution is -2.81. The van der Waals surface area contributed by atoms with E-state index in [2.05, 4.69) is 26.1 Å². The summed E-state index contributed by atoms with van der Waals surface area (Å²) in [5.74, 6) is -3.63. The van der Waals surface area contributed by atoms with Gasteiger partial charge in [-0.1, -0.05) is 87.4 Å². The second-order valence-electron chi connectivity index (χ2n) is 22.0. The first-order valence-corrected chi connectivity index (χ1v) is 30.0. The van der Waals surface area contributed by atoms with E-state index in [1.807, 2.05) is 34.6 Å². The van der Waals surface area contributed by atoms with Crippen LogP contribution in [0.1, 0.15) is 133 Å². The number of aliphatic hydroxyl groups is 3. The Hall–Kier alpha value is -2.97. The number of ketones is 1. The number of carbonyl (C=O) groups excluding carboxylic acids is 4. The zero-order chi connectivity index (χ0) is 50.3. The van der Waals surface area contributed by atoms with E-state index in [1.54, 1.807) is 78.8 Å². The highest BCUT2D eigenvalue weighted by Crippen LogP contribution is 2.64. The highest BCUT2D eigenvalue weighted by Gasteiger charge is 2.77. The van der Waals surface area contributed by atoms with Crippen molar-refractivity contribution in [3.05, 3.63) is 47.0 Å².